The smallest absolute Gasteiger partial charge is 0.191 e. The molecule has 0 unspecified atom stereocenters. The van der Waals surface area contributed by atoms with E-state index >= 15 is 0 Å². The largest absolute Gasteiger partial charge is 0.380 e. The Labute approximate surface area is 131 Å². The molecule has 2 N–H and O–H groups in total. The van der Waals surface area contributed by atoms with Crippen molar-refractivity contribution < 1.29 is 4.74 Å². The summed E-state index contributed by atoms with van der Waals surface area (Å²) in [4.78, 5) is 4.23. The molecule has 0 radical (unpaired) electrons. The molecule has 0 saturated carbocycles. The highest BCUT2D eigenvalue weighted by Crippen LogP contribution is 2.06. The minimum absolute atomic E-state index is 0.626. The fourth-order valence-electron chi connectivity index (χ4n) is 2.15. The number of nitrogens with one attached hydrogen (secondary N) is 2. The van der Waals surface area contributed by atoms with Gasteiger partial charge < -0.3 is 15.4 Å². The first-order valence-electron chi connectivity index (χ1n) is 7.21. The maximum atomic E-state index is 5.16. The lowest BCUT2D eigenvalue weighted by Gasteiger charge is -2.12. The van der Waals surface area contributed by atoms with Crippen molar-refractivity contribution in [2.45, 2.75) is 19.7 Å². The molecule has 1 aromatic carbocycles. The number of hydrogen-bond donors (Lipinski definition) is 2. The van der Waals surface area contributed by atoms with Crippen LogP contribution in [0.2, 0.25) is 0 Å². The number of aromatic nitrogens is 2. The molecular formula is C16H23N5O. The Morgan fingerprint density at radius 2 is 2.00 bits per heavy atom. The van der Waals surface area contributed by atoms with Crippen LogP contribution in [0.5, 0.6) is 0 Å². The lowest BCUT2D eigenvalue weighted by Crippen LogP contribution is -2.36. The van der Waals surface area contributed by atoms with Crippen LogP contribution in [0.1, 0.15) is 16.8 Å². The van der Waals surface area contributed by atoms with Crippen LogP contribution in [0.15, 0.2) is 41.5 Å². The fourth-order valence-corrected chi connectivity index (χ4v) is 2.15. The summed E-state index contributed by atoms with van der Waals surface area (Å²) >= 11 is 0. The third-order valence-corrected chi connectivity index (χ3v) is 3.35. The first-order valence-corrected chi connectivity index (χ1v) is 7.21. The SMILES string of the molecule is CN=C(NCc1cccc(COC)c1)NCc1ccnn1C. The van der Waals surface area contributed by atoms with Crippen LogP contribution in [-0.2, 0) is 31.5 Å². The van der Waals surface area contributed by atoms with E-state index in [0.717, 1.165) is 11.7 Å². The van der Waals surface area contributed by atoms with E-state index in [1.807, 2.05) is 23.9 Å². The van der Waals surface area contributed by atoms with Crippen LogP contribution in [0, 0.1) is 0 Å². The van der Waals surface area contributed by atoms with Crippen LogP contribution >= 0.6 is 0 Å². The van der Waals surface area contributed by atoms with E-state index < -0.39 is 0 Å². The lowest BCUT2D eigenvalue weighted by molar-refractivity contribution is 0.185. The van der Waals surface area contributed by atoms with Gasteiger partial charge in [-0.25, -0.2) is 0 Å². The maximum absolute atomic E-state index is 5.16. The molecule has 6 heteroatoms. The number of benzene rings is 1. The van der Waals surface area contributed by atoms with Gasteiger partial charge in [0.2, 0.25) is 0 Å². The molecule has 0 atom stereocenters. The summed E-state index contributed by atoms with van der Waals surface area (Å²) in [7, 11) is 5.39. The molecule has 22 heavy (non-hydrogen) atoms. The highest BCUT2D eigenvalue weighted by atomic mass is 16.5. The van der Waals surface area contributed by atoms with Crippen LogP contribution in [0.25, 0.3) is 0 Å². The van der Waals surface area contributed by atoms with E-state index in [-0.39, 0.29) is 0 Å². The van der Waals surface area contributed by atoms with Gasteiger partial charge in [-0.3, -0.25) is 9.67 Å². The van der Waals surface area contributed by atoms with Crippen molar-refractivity contribution in [2.24, 2.45) is 12.0 Å². The maximum Gasteiger partial charge on any atom is 0.191 e. The summed E-state index contributed by atoms with van der Waals surface area (Å²) in [5.74, 6) is 0.762. The van der Waals surface area contributed by atoms with Gasteiger partial charge in [-0.05, 0) is 17.2 Å². The molecule has 0 spiro atoms. The minimum atomic E-state index is 0.626. The highest BCUT2D eigenvalue weighted by molar-refractivity contribution is 5.79. The van der Waals surface area contributed by atoms with Crippen molar-refractivity contribution in [2.75, 3.05) is 14.2 Å². The predicted molar refractivity (Wildman–Crippen MR) is 87.4 cm³/mol. The van der Waals surface area contributed by atoms with Gasteiger partial charge in [-0.15, -0.1) is 0 Å². The summed E-state index contributed by atoms with van der Waals surface area (Å²) in [6.07, 6.45) is 1.79. The Balaban J connectivity index is 1.86. The third-order valence-electron chi connectivity index (χ3n) is 3.35. The van der Waals surface area contributed by atoms with E-state index in [9.17, 15) is 0 Å². The first-order chi connectivity index (χ1) is 10.7. The molecule has 6 nitrogen and oxygen atoms in total. The van der Waals surface area contributed by atoms with E-state index in [0.29, 0.717) is 19.7 Å². The second-order valence-electron chi connectivity index (χ2n) is 4.98. The molecule has 1 aromatic heterocycles. The number of nitrogens with zero attached hydrogens (tertiary/aromatic N) is 3. The number of aliphatic imine (C=N–C) groups is 1. The van der Waals surface area contributed by atoms with Gasteiger partial charge in [0.25, 0.3) is 0 Å². The van der Waals surface area contributed by atoms with Crippen LogP contribution < -0.4 is 10.6 Å². The molecule has 0 aliphatic rings. The Kier molecular flexibility index (Phi) is 5.97. The highest BCUT2D eigenvalue weighted by Gasteiger charge is 2.02. The average molecular weight is 301 g/mol. The van der Waals surface area contributed by atoms with Crippen molar-refractivity contribution >= 4 is 5.96 Å². The molecule has 118 valence electrons. The summed E-state index contributed by atoms with van der Waals surface area (Å²) in [6.45, 7) is 2.02. The predicted octanol–water partition coefficient (Wildman–Crippen LogP) is 1.43. The minimum Gasteiger partial charge on any atom is -0.380 e. The Morgan fingerprint density at radius 1 is 1.23 bits per heavy atom. The number of aryl methyl sites for hydroxylation is 1. The van der Waals surface area contributed by atoms with Gasteiger partial charge in [0, 0.05) is 33.9 Å². The summed E-state index contributed by atoms with van der Waals surface area (Å²) in [5.41, 5.74) is 3.46. The van der Waals surface area contributed by atoms with Crippen molar-refractivity contribution in [1.82, 2.24) is 20.4 Å². The molecule has 0 amide bonds. The second-order valence-corrected chi connectivity index (χ2v) is 4.98. The molecule has 1 heterocycles. The summed E-state index contributed by atoms with van der Waals surface area (Å²) < 4.78 is 7.00. The quantitative estimate of drug-likeness (QED) is 0.626. The first kappa shape index (κ1) is 16.0. The molecule has 0 fully saturated rings. The second kappa shape index (κ2) is 8.19. The van der Waals surface area contributed by atoms with E-state index in [4.69, 9.17) is 4.74 Å². The lowest BCUT2D eigenvalue weighted by atomic mass is 10.1. The zero-order valence-electron chi connectivity index (χ0n) is 13.3. The molecule has 0 saturated heterocycles. The Bertz CT molecular complexity index is 621. The van der Waals surface area contributed by atoms with E-state index in [1.54, 1.807) is 20.4 Å². The van der Waals surface area contributed by atoms with Crippen molar-refractivity contribution in [3.05, 3.63) is 53.3 Å². The number of hydrogen-bond acceptors (Lipinski definition) is 3. The number of ether oxygens (including phenoxy) is 1. The van der Waals surface area contributed by atoms with Crippen molar-refractivity contribution in [3.8, 4) is 0 Å². The number of rotatable bonds is 6. The molecule has 2 rings (SSSR count). The van der Waals surface area contributed by atoms with Gasteiger partial charge in [-0.1, -0.05) is 24.3 Å². The number of methoxy groups -OCH3 is 1. The fraction of sp³-hybridized carbons (Fsp3) is 0.375. The van der Waals surface area contributed by atoms with Crippen molar-refractivity contribution in [3.63, 3.8) is 0 Å². The van der Waals surface area contributed by atoms with Crippen LogP contribution in [0.3, 0.4) is 0 Å². The number of guanidine groups is 1. The molecular weight excluding hydrogens is 278 g/mol. The van der Waals surface area contributed by atoms with Crippen LogP contribution in [-0.4, -0.2) is 29.9 Å². The van der Waals surface area contributed by atoms with Gasteiger partial charge in [-0.2, -0.15) is 5.10 Å². The van der Waals surface area contributed by atoms with E-state index in [1.165, 1.54) is 11.1 Å². The van der Waals surface area contributed by atoms with Gasteiger partial charge in [0.15, 0.2) is 5.96 Å². The van der Waals surface area contributed by atoms with Gasteiger partial charge >= 0.3 is 0 Å². The Hall–Kier alpha value is -2.34. The van der Waals surface area contributed by atoms with Crippen LogP contribution in [0.4, 0.5) is 0 Å². The average Bonchev–Trinajstić information content (AvgIpc) is 2.93. The van der Waals surface area contributed by atoms with Crippen molar-refractivity contribution in [1.29, 1.82) is 0 Å². The normalized spacial score (nSPS) is 11.5. The summed E-state index contributed by atoms with van der Waals surface area (Å²) in [6, 6.07) is 10.3. The third kappa shape index (κ3) is 4.60. The van der Waals surface area contributed by atoms with Gasteiger partial charge in [0.1, 0.15) is 0 Å². The Morgan fingerprint density at radius 3 is 2.68 bits per heavy atom. The monoisotopic (exact) mass is 301 g/mol. The molecule has 2 aromatic rings. The zero-order chi connectivity index (χ0) is 15.8. The molecule has 0 bridgehead atoms. The van der Waals surface area contributed by atoms with E-state index in [2.05, 4.69) is 38.9 Å². The standard InChI is InChI=1S/C16H23N5O/c1-17-16(19-11-15-7-8-20-21(15)2)18-10-13-5-4-6-14(9-13)12-22-3/h4-9H,10-12H2,1-3H3,(H2,17,18,19). The topological polar surface area (TPSA) is 63.5 Å². The van der Waals surface area contributed by atoms with Gasteiger partial charge in [0.05, 0.1) is 18.8 Å². The molecule has 0 aliphatic heterocycles. The summed E-state index contributed by atoms with van der Waals surface area (Å²) in [5, 5.41) is 10.7. The molecule has 0 aliphatic carbocycles. The zero-order valence-corrected chi connectivity index (χ0v) is 13.3.